The van der Waals surface area contributed by atoms with Gasteiger partial charge < -0.3 is 14.8 Å². The molecule has 0 aliphatic carbocycles. The van der Waals surface area contributed by atoms with Crippen LogP contribution in [0.4, 0.5) is 4.39 Å². The summed E-state index contributed by atoms with van der Waals surface area (Å²) < 4.78 is 24.1. The Morgan fingerprint density at radius 1 is 1.44 bits per heavy atom. The zero-order valence-electron chi connectivity index (χ0n) is 14.5. The molecule has 0 bridgehead atoms. The Hall–Kier alpha value is -1.99. The first kappa shape index (κ1) is 17.8. The summed E-state index contributed by atoms with van der Waals surface area (Å²) in [6.45, 7) is 6.60. The topological polar surface area (TPSA) is 60.5 Å². The van der Waals surface area contributed by atoms with Crippen molar-refractivity contribution >= 4 is 17.2 Å². The first-order valence-electron chi connectivity index (χ1n) is 8.12. The van der Waals surface area contributed by atoms with E-state index in [-0.39, 0.29) is 30.0 Å². The molecular weight excluding hydrogens is 343 g/mol. The molecule has 1 unspecified atom stereocenters. The molecule has 134 valence electrons. The van der Waals surface area contributed by atoms with Crippen LogP contribution in [0.3, 0.4) is 0 Å². The summed E-state index contributed by atoms with van der Waals surface area (Å²) in [6, 6.07) is 5.82. The minimum atomic E-state index is -0.310. The van der Waals surface area contributed by atoms with E-state index < -0.39 is 0 Å². The van der Waals surface area contributed by atoms with Gasteiger partial charge in [-0.2, -0.15) is 0 Å². The number of hydrogen-bond acceptors (Lipinski definition) is 5. The molecule has 1 N–H and O–H groups in total. The number of amides is 1. The molecule has 1 saturated heterocycles. The molecule has 1 aromatic heterocycles. The van der Waals surface area contributed by atoms with Crippen LogP contribution in [-0.2, 0) is 11.3 Å². The molecule has 1 amide bonds. The second kappa shape index (κ2) is 7.09. The number of carbonyl (C=O) groups is 1. The van der Waals surface area contributed by atoms with E-state index in [1.165, 1.54) is 23.5 Å². The van der Waals surface area contributed by atoms with Crippen LogP contribution in [0.2, 0.25) is 0 Å². The standard InChI is InChI=1S/C18H21FN2O3S/c1-11-16(17(22)21-13-8-18(2,3)24-9-13)25-15(20-11)10-23-14-6-4-12(19)5-7-14/h4-7,13H,8-10H2,1-3H3,(H,21,22). The maximum Gasteiger partial charge on any atom is 0.263 e. The zero-order chi connectivity index (χ0) is 18.0. The number of aryl methyl sites for hydroxylation is 1. The van der Waals surface area contributed by atoms with E-state index in [0.29, 0.717) is 27.9 Å². The van der Waals surface area contributed by atoms with Gasteiger partial charge in [-0.1, -0.05) is 0 Å². The molecule has 1 atom stereocenters. The number of carbonyl (C=O) groups excluding carboxylic acids is 1. The Labute approximate surface area is 150 Å². The van der Waals surface area contributed by atoms with Gasteiger partial charge in [0.2, 0.25) is 0 Å². The maximum absolute atomic E-state index is 12.9. The minimum Gasteiger partial charge on any atom is -0.486 e. The van der Waals surface area contributed by atoms with Crippen molar-refractivity contribution in [3.63, 3.8) is 0 Å². The fraction of sp³-hybridized carbons (Fsp3) is 0.444. The Balaban J connectivity index is 1.59. The maximum atomic E-state index is 12.9. The quantitative estimate of drug-likeness (QED) is 0.883. The van der Waals surface area contributed by atoms with Crippen LogP contribution in [0.5, 0.6) is 5.75 Å². The molecule has 1 aliphatic heterocycles. The van der Waals surface area contributed by atoms with Crippen LogP contribution in [0.25, 0.3) is 0 Å². The number of rotatable bonds is 5. The molecule has 0 saturated carbocycles. The monoisotopic (exact) mass is 364 g/mol. The molecule has 2 heterocycles. The third-order valence-electron chi connectivity index (χ3n) is 3.97. The van der Waals surface area contributed by atoms with Crippen LogP contribution in [0, 0.1) is 12.7 Å². The Kier molecular flexibility index (Phi) is 5.06. The van der Waals surface area contributed by atoms with Gasteiger partial charge >= 0.3 is 0 Å². The summed E-state index contributed by atoms with van der Waals surface area (Å²) in [6.07, 6.45) is 0.789. The third kappa shape index (κ3) is 4.55. The summed E-state index contributed by atoms with van der Waals surface area (Å²) in [4.78, 5) is 17.5. The summed E-state index contributed by atoms with van der Waals surface area (Å²) in [7, 11) is 0. The lowest BCUT2D eigenvalue weighted by molar-refractivity contribution is 0.0355. The van der Waals surface area contributed by atoms with Gasteiger partial charge in [-0.15, -0.1) is 11.3 Å². The largest absolute Gasteiger partial charge is 0.486 e. The highest BCUT2D eigenvalue weighted by atomic mass is 32.1. The average molecular weight is 364 g/mol. The molecule has 1 aromatic carbocycles. The van der Waals surface area contributed by atoms with E-state index in [1.54, 1.807) is 12.1 Å². The number of nitrogens with one attached hydrogen (secondary N) is 1. The van der Waals surface area contributed by atoms with E-state index >= 15 is 0 Å². The lowest BCUT2D eigenvalue weighted by atomic mass is 10.0. The highest BCUT2D eigenvalue weighted by molar-refractivity contribution is 7.13. The predicted octanol–water partition coefficient (Wildman–Crippen LogP) is 3.47. The number of hydrogen-bond donors (Lipinski definition) is 1. The molecule has 1 fully saturated rings. The molecule has 1 aliphatic rings. The first-order valence-corrected chi connectivity index (χ1v) is 8.93. The van der Waals surface area contributed by atoms with Crippen molar-refractivity contribution in [1.29, 1.82) is 0 Å². The molecular formula is C18H21FN2O3S. The first-order chi connectivity index (χ1) is 11.8. The lowest BCUT2D eigenvalue weighted by Crippen LogP contribution is -2.35. The van der Waals surface area contributed by atoms with Crippen molar-refractivity contribution in [1.82, 2.24) is 10.3 Å². The minimum absolute atomic E-state index is 0.0166. The Morgan fingerprint density at radius 2 is 2.16 bits per heavy atom. The molecule has 7 heteroatoms. The highest BCUT2D eigenvalue weighted by Crippen LogP contribution is 2.26. The Bertz CT molecular complexity index is 758. The van der Waals surface area contributed by atoms with Crippen LogP contribution >= 0.6 is 11.3 Å². The van der Waals surface area contributed by atoms with Gasteiger partial charge in [0.25, 0.3) is 5.91 Å². The normalized spacial score (nSPS) is 19.0. The van der Waals surface area contributed by atoms with Crippen molar-refractivity contribution in [2.45, 2.75) is 45.4 Å². The van der Waals surface area contributed by atoms with Gasteiger partial charge in [-0.05, 0) is 51.5 Å². The van der Waals surface area contributed by atoms with E-state index in [9.17, 15) is 9.18 Å². The van der Waals surface area contributed by atoms with Crippen molar-refractivity contribution < 1.29 is 18.7 Å². The summed E-state index contributed by atoms with van der Waals surface area (Å²) >= 11 is 1.31. The summed E-state index contributed by atoms with van der Waals surface area (Å²) in [5, 5.41) is 3.71. The van der Waals surface area contributed by atoms with Crippen LogP contribution < -0.4 is 10.1 Å². The van der Waals surface area contributed by atoms with Gasteiger partial charge in [-0.25, -0.2) is 9.37 Å². The van der Waals surface area contributed by atoms with Gasteiger partial charge in [-0.3, -0.25) is 4.79 Å². The number of halogens is 1. The fourth-order valence-corrected chi connectivity index (χ4v) is 3.66. The van der Waals surface area contributed by atoms with Crippen LogP contribution in [-0.4, -0.2) is 29.1 Å². The zero-order valence-corrected chi connectivity index (χ0v) is 15.3. The van der Waals surface area contributed by atoms with E-state index in [4.69, 9.17) is 9.47 Å². The second-order valence-electron chi connectivity index (χ2n) is 6.71. The third-order valence-corrected chi connectivity index (χ3v) is 5.10. The van der Waals surface area contributed by atoms with Crippen LogP contribution in [0.1, 0.15) is 40.6 Å². The van der Waals surface area contributed by atoms with Gasteiger partial charge in [0.1, 0.15) is 28.1 Å². The van der Waals surface area contributed by atoms with E-state index in [0.717, 1.165) is 6.42 Å². The number of aromatic nitrogens is 1. The lowest BCUT2D eigenvalue weighted by Gasteiger charge is -2.15. The van der Waals surface area contributed by atoms with Gasteiger partial charge in [0.05, 0.1) is 23.9 Å². The molecule has 0 radical (unpaired) electrons. The SMILES string of the molecule is Cc1nc(COc2ccc(F)cc2)sc1C(=O)NC1COC(C)(C)C1. The van der Waals surface area contributed by atoms with Crippen molar-refractivity contribution in [2.24, 2.45) is 0 Å². The predicted molar refractivity (Wildman–Crippen MR) is 93.5 cm³/mol. The number of nitrogens with zero attached hydrogens (tertiary/aromatic N) is 1. The van der Waals surface area contributed by atoms with E-state index in [2.05, 4.69) is 10.3 Å². The van der Waals surface area contributed by atoms with Crippen molar-refractivity contribution in [2.75, 3.05) is 6.61 Å². The summed E-state index contributed by atoms with van der Waals surface area (Å²) in [5.41, 5.74) is 0.480. The summed E-state index contributed by atoms with van der Waals surface area (Å²) in [5.74, 6) is 0.121. The van der Waals surface area contributed by atoms with Crippen LogP contribution in [0.15, 0.2) is 24.3 Å². The Morgan fingerprint density at radius 3 is 2.80 bits per heavy atom. The number of benzene rings is 1. The molecule has 5 nitrogen and oxygen atoms in total. The molecule has 2 aromatic rings. The van der Waals surface area contributed by atoms with Gasteiger partial charge in [0.15, 0.2) is 0 Å². The average Bonchev–Trinajstić information content (AvgIpc) is 3.09. The van der Waals surface area contributed by atoms with Gasteiger partial charge in [0, 0.05) is 0 Å². The molecule has 3 rings (SSSR count). The second-order valence-corrected chi connectivity index (χ2v) is 7.79. The van der Waals surface area contributed by atoms with Crippen molar-refractivity contribution in [3.05, 3.63) is 45.7 Å². The smallest absolute Gasteiger partial charge is 0.263 e. The number of ether oxygens (including phenoxy) is 2. The molecule has 25 heavy (non-hydrogen) atoms. The fourth-order valence-electron chi connectivity index (χ4n) is 2.78. The van der Waals surface area contributed by atoms with E-state index in [1.807, 2.05) is 20.8 Å². The molecule has 0 spiro atoms. The van der Waals surface area contributed by atoms with Crippen molar-refractivity contribution in [3.8, 4) is 5.75 Å². The number of thiazole rings is 1. The highest BCUT2D eigenvalue weighted by Gasteiger charge is 2.33.